The highest BCUT2D eigenvalue weighted by Gasteiger charge is 2.26. The molecule has 128 valence electrons. The van der Waals surface area contributed by atoms with E-state index in [1.807, 2.05) is 13.8 Å². The van der Waals surface area contributed by atoms with E-state index in [1.165, 1.54) is 0 Å². The van der Waals surface area contributed by atoms with Gasteiger partial charge in [0.25, 0.3) is 0 Å². The summed E-state index contributed by atoms with van der Waals surface area (Å²) in [5, 5.41) is 8.43. The summed E-state index contributed by atoms with van der Waals surface area (Å²) >= 11 is 12.0. The number of benzene rings is 1. The van der Waals surface area contributed by atoms with Crippen molar-refractivity contribution in [2.24, 2.45) is 5.92 Å². The van der Waals surface area contributed by atoms with Crippen molar-refractivity contribution in [2.75, 3.05) is 5.32 Å². The minimum absolute atomic E-state index is 0.0775. The van der Waals surface area contributed by atoms with Gasteiger partial charge in [0.1, 0.15) is 5.75 Å². The molecule has 1 N–H and O–H groups in total. The molecule has 2 aromatic rings. The Kier molecular flexibility index (Phi) is 5.01. The lowest BCUT2D eigenvalue weighted by Gasteiger charge is -2.24. The molecule has 1 saturated carbocycles. The van der Waals surface area contributed by atoms with Gasteiger partial charge in [-0.15, -0.1) is 0 Å². The van der Waals surface area contributed by atoms with Gasteiger partial charge in [0.2, 0.25) is 5.91 Å². The number of carbonyl (C=O) groups is 1. The lowest BCUT2D eigenvalue weighted by molar-refractivity contribution is -0.122. The van der Waals surface area contributed by atoms with Crippen LogP contribution in [0.2, 0.25) is 10.0 Å². The largest absolute Gasteiger partial charge is 0.470 e. The Balaban J connectivity index is 1.70. The first kappa shape index (κ1) is 17.1. The third-order valence-electron chi connectivity index (χ3n) is 4.34. The maximum Gasteiger partial charge on any atom is 0.227 e. The lowest BCUT2D eigenvalue weighted by Crippen LogP contribution is -2.28. The zero-order valence-corrected chi connectivity index (χ0v) is 15.1. The van der Waals surface area contributed by atoms with E-state index in [1.54, 1.807) is 22.9 Å². The third kappa shape index (κ3) is 3.52. The van der Waals surface area contributed by atoms with Gasteiger partial charge in [0.05, 0.1) is 22.1 Å². The summed E-state index contributed by atoms with van der Waals surface area (Å²) in [5.74, 6) is 0.749. The summed E-state index contributed by atoms with van der Waals surface area (Å²) in [7, 11) is 0. The van der Waals surface area contributed by atoms with E-state index in [-0.39, 0.29) is 18.6 Å². The molecule has 1 fully saturated rings. The molecular weight excluding hydrogens is 349 g/mol. The quantitative estimate of drug-likeness (QED) is 0.840. The minimum Gasteiger partial charge on any atom is -0.470 e. The first-order chi connectivity index (χ1) is 11.5. The number of ether oxygens (including phenoxy) is 1. The van der Waals surface area contributed by atoms with Crippen molar-refractivity contribution in [1.82, 2.24) is 9.78 Å². The van der Waals surface area contributed by atoms with Crippen molar-refractivity contribution < 1.29 is 9.53 Å². The average molecular weight is 368 g/mol. The predicted octanol–water partition coefficient (Wildman–Crippen LogP) is 4.58. The van der Waals surface area contributed by atoms with Gasteiger partial charge in [-0.25, -0.2) is 4.68 Å². The van der Waals surface area contributed by atoms with Gasteiger partial charge in [0, 0.05) is 10.9 Å². The molecule has 1 amide bonds. The molecule has 24 heavy (non-hydrogen) atoms. The van der Waals surface area contributed by atoms with Gasteiger partial charge in [-0.05, 0) is 44.9 Å². The van der Waals surface area contributed by atoms with E-state index in [2.05, 4.69) is 10.4 Å². The standard InChI is InChI=1S/C17H19Cl2N3O2/c1-10-16(20-17(23)12-4-3-5-12)11(2)22(21-10)9-24-15-7-6-13(18)8-14(15)19/h6-8,12H,3-5,9H2,1-2H3,(H,20,23). The average Bonchev–Trinajstić information content (AvgIpc) is 2.72. The van der Waals surface area contributed by atoms with Crippen LogP contribution in [0.25, 0.3) is 0 Å². The Bertz CT molecular complexity index is 769. The molecule has 0 aliphatic heterocycles. The number of aromatic nitrogens is 2. The second-order valence-electron chi connectivity index (χ2n) is 6.01. The van der Waals surface area contributed by atoms with Crippen LogP contribution in [0.15, 0.2) is 18.2 Å². The van der Waals surface area contributed by atoms with Crippen molar-refractivity contribution in [1.29, 1.82) is 0 Å². The number of rotatable bonds is 5. The highest BCUT2D eigenvalue weighted by molar-refractivity contribution is 6.35. The zero-order chi connectivity index (χ0) is 17.3. The molecule has 0 radical (unpaired) electrons. The van der Waals surface area contributed by atoms with Crippen molar-refractivity contribution in [3.05, 3.63) is 39.6 Å². The molecule has 0 atom stereocenters. The van der Waals surface area contributed by atoms with Crippen molar-refractivity contribution >= 4 is 34.8 Å². The van der Waals surface area contributed by atoms with Crippen LogP contribution in [-0.2, 0) is 11.5 Å². The summed E-state index contributed by atoms with van der Waals surface area (Å²) in [4.78, 5) is 12.2. The molecule has 1 aromatic heterocycles. The third-order valence-corrected chi connectivity index (χ3v) is 4.87. The Hall–Kier alpha value is -1.72. The monoisotopic (exact) mass is 367 g/mol. The Morgan fingerprint density at radius 1 is 1.38 bits per heavy atom. The molecule has 3 rings (SSSR count). The molecular formula is C17H19Cl2N3O2. The number of nitrogens with zero attached hydrogens (tertiary/aromatic N) is 2. The van der Waals surface area contributed by atoms with Crippen LogP contribution in [0.3, 0.4) is 0 Å². The minimum atomic E-state index is 0.0775. The number of hydrogen-bond acceptors (Lipinski definition) is 3. The van der Waals surface area contributed by atoms with E-state index in [4.69, 9.17) is 27.9 Å². The van der Waals surface area contributed by atoms with Crippen LogP contribution in [0, 0.1) is 19.8 Å². The molecule has 0 spiro atoms. The number of halogens is 2. The molecule has 1 aromatic carbocycles. The SMILES string of the molecule is Cc1nn(COc2ccc(Cl)cc2Cl)c(C)c1NC(=O)C1CCC1. The van der Waals surface area contributed by atoms with E-state index in [9.17, 15) is 4.79 Å². The number of hydrogen-bond donors (Lipinski definition) is 1. The molecule has 0 saturated heterocycles. The fourth-order valence-corrected chi connectivity index (χ4v) is 3.09. The number of aryl methyl sites for hydroxylation is 1. The summed E-state index contributed by atoms with van der Waals surface area (Å²) in [6, 6.07) is 5.06. The fourth-order valence-electron chi connectivity index (χ4n) is 2.62. The topological polar surface area (TPSA) is 56.1 Å². The fraction of sp³-hybridized carbons (Fsp3) is 0.412. The van der Waals surface area contributed by atoms with Crippen LogP contribution in [0.4, 0.5) is 5.69 Å². The second kappa shape index (κ2) is 7.03. The van der Waals surface area contributed by atoms with Crippen LogP contribution in [0.1, 0.15) is 30.7 Å². The number of nitrogens with one attached hydrogen (secondary N) is 1. The lowest BCUT2D eigenvalue weighted by atomic mass is 9.85. The van der Waals surface area contributed by atoms with E-state index < -0.39 is 0 Å². The maximum atomic E-state index is 12.2. The predicted molar refractivity (Wildman–Crippen MR) is 94.8 cm³/mol. The van der Waals surface area contributed by atoms with Crippen molar-refractivity contribution in [3.63, 3.8) is 0 Å². The van der Waals surface area contributed by atoms with Crippen LogP contribution >= 0.6 is 23.2 Å². The molecule has 1 aliphatic carbocycles. The van der Waals surface area contributed by atoms with Crippen LogP contribution in [-0.4, -0.2) is 15.7 Å². The molecule has 0 bridgehead atoms. The van der Waals surface area contributed by atoms with E-state index in [0.717, 1.165) is 36.3 Å². The summed E-state index contributed by atoms with van der Waals surface area (Å²) in [5.41, 5.74) is 2.38. The van der Waals surface area contributed by atoms with Gasteiger partial charge in [-0.2, -0.15) is 5.10 Å². The highest BCUT2D eigenvalue weighted by Crippen LogP contribution is 2.30. The molecule has 7 heteroatoms. The Labute approximate surface area is 150 Å². The Morgan fingerprint density at radius 2 is 2.12 bits per heavy atom. The van der Waals surface area contributed by atoms with Crippen molar-refractivity contribution in [2.45, 2.75) is 39.8 Å². The smallest absolute Gasteiger partial charge is 0.227 e. The first-order valence-corrected chi connectivity index (χ1v) is 8.64. The summed E-state index contributed by atoms with van der Waals surface area (Å²) in [6.45, 7) is 3.98. The summed E-state index contributed by atoms with van der Waals surface area (Å²) < 4.78 is 7.41. The maximum absolute atomic E-state index is 12.2. The van der Waals surface area contributed by atoms with Gasteiger partial charge < -0.3 is 10.1 Å². The van der Waals surface area contributed by atoms with E-state index in [0.29, 0.717) is 15.8 Å². The number of amides is 1. The number of carbonyl (C=O) groups excluding carboxylic acids is 1. The highest BCUT2D eigenvalue weighted by atomic mass is 35.5. The summed E-state index contributed by atoms with van der Waals surface area (Å²) in [6.07, 6.45) is 3.07. The van der Waals surface area contributed by atoms with E-state index >= 15 is 0 Å². The second-order valence-corrected chi connectivity index (χ2v) is 6.85. The van der Waals surface area contributed by atoms with Crippen LogP contribution < -0.4 is 10.1 Å². The normalized spacial score (nSPS) is 14.3. The first-order valence-electron chi connectivity index (χ1n) is 7.88. The molecule has 0 unspecified atom stereocenters. The van der Waals surface area contributed by atoms with Crippen LogP contribution in [0.5, 0.6) is 5.75 Å². The van der Waals surface area contributed by atoms with Gasteiger partial charge in [-0.1, -0.05) is 29.6 Å². The van der Waals surface area contributed by atoms with Crippen molar-refractivity contribution in [3.8, 4) is 5.75 Å². The number of anilines is 1. The molecule has 5 nitrogen and oxygen atoms in total. The zero-order valence-electron chi connectivity index (χ0n) is 13.6. The van der Waals surface area contributed by atoms with Gasteiger partial charge in [-0.3, -0.25) is 4.79 Å². The molecule has 1 aliphatic rings. The molecule has 1 heterocycles. The Morgan fingerprint density at radius 3 is 2.75 bits per heavy atom. The van der Waals surface area contributed by atoms with Gasteiger partial charge in [0.15, 0.2) is 6.73 Å². The van der Waals surface area contributed by atoms with Gasteiger partial charge >= 0.3 is 0 Å².